The average molecular weight is 355 g/mol. The van der Waals surface area contributed by atoms with Gasteiger partial charge in [-0.2, -0.15) is 5.10 Å². The summed E-state index contributed by atoms with van der Waals surface area (Å²) in [6.45, 7) is 5.76. The molecule has 4 nitrogen and oxygen atoms in total. The Morgan fingerprint density at radius 3 is 2.50 bits per heavy atom. The van der Waals surface area contributed by atoms with Crippen LogP contribution in [0.4, 0.5) is 0 Å². The summed E-state index contributed by atoms with van der Waals surface area (Å²) >= 11 is 8.88. The van der Waals surface area contributed by atoms with Gasteiger partial charge in [0.1, 0.15) is 6.33 Å². The van der Waals surface area contributed by atoms with Crippen LogP contribution in [0.5, 0.6) is 0 Å². The lowest BCUT2D eigenvalue weighted by Crippen LogP contribution is -2.22. The van der Waals surface area contributed by atoms with Crippen LogP contribution in [0.2, 0.25) is 0 Å². The van der Waals surface area contributed by atoms with Crippen LogP contribution < -0.4 is 0 Å². The highest BCUT2D eigenvalue weighted by molar-refractivity contribution is 9.10. The lowest BCUT2D eigenvalue weighted by atomic mass is 10.2. The van der Waals surface area contributed by atoms with Crippen molar-refractivity contribution in [3.63, 3.8) is 0 Å². The maximum absolute atomic E-state index is 5.43. The van der Waals surface area contributed by atoms with Gasteiger partial charge in [-0.05, 0) is 50.8 Å². The normalized spacial score (nSPS) is 11.5. The molecule has 2 aromatic rings. The van der Waals surface area contributed by atoms with E-state index in [1.807, 2.05) is 9.25 Å². The average Bonchev–Trinajstić information content (AvgIpc) is 2.74. The van der Waals surface area contributed by atoms with Gasteiger partial charge in [-0.15, -0.1) is 0 Å². The van der Waals surface area contributed by atoms with Gasteiger partial charge < -0.3 is 4.57 Å². The molecule has 1 aromatic heterocycles. The lowest BCUT2D eigenvalue weighted by molar-refractivity contribution is 0.243. The van der Waals surface area contributed by atoms with Crippen molar-refractivity contribution in [1.29, 1.82) is 0 Å². The van der Waals surface area contributed by atoms with Crippen molar-refractivity contribution >= 4 is 28.1 Å². The first-order chi connectivity index (χ1) is 9.47. The Hall–Kier alpha value is -0.980. The van der Waals surface area contributed by atoms with E-state index in [0.717, 1.165) is 15.8 Å². The third-order valence-corrected chi connectivity index (χ3v) is 4.00. The molecule has 0 aliphatic carbocycles. The fourth-order valence-corrected chi connectivity index (χ4v) is 2.61. The van der Waals surface area contributed by atoms with Crippen molar-refractivity contribution in [3.8, 4) is 0 Å². The highest BCUT2D eigenvalue weighted by Crippen LogP contribution is 2.12. The Morgan fingerprint density at radius 2 is 1.95 bits per heavy atom. The molecule has 1 heterocycles. The van der Waals surface area contributed by atoms with Gasteiger partial charge in [0.15, 0.2) is 4.77 Å². The Kier molecular flexibility index (Phi) is 5.12. The highest BCUT2D eigenvalue weighted by atomic mass is 79.9. The van der Waals surface area contributed by atoms with E-state index < -0.39 is 0 Å². The first-order valence-corrected chi connectivity index (χ1v) is 7.74. The highest BCUT2D eigenvalue weighted by Gasteiger charge is 2.07. The van der Waals surface area contributed by atoms with Gasteiger partial charge >= 0.3 is 0 Å². The zero-order valence-electron chi connectivity index (χ0n) is 12.0. The van der Waals surface area contributed by atoms with Crippen LogP contribution in [0.25, 0.3) is 0 Å². The topological polar surface area (TPSA) is 26.0 Å². The summed E-state index contributed by atoms with van der Waals surface area (Å²) < 4.78 is 5.72. The first kappa shape index (κ1) is 15.4. The molecule has 0 aliphatic rings. The third kappa shape index (κ3) is 3.77. The molecule has 0 atom stereocenters. The fourth-order valence-electron chi connectivity index (χ4n) is 1.98. The molecule has 0 saturated heterocycles. The molecular formula is C14H19BrN4S. The summed E-state index contributed by atoms with van der Waals surface area (Å²) in [4.78, 5) is 2.19. The lowest BCUT2D eigenvalue weighted by Gasteiger charge is -2.16. The van der Waals surface area contributed by atoms with E-state index in [4.69, 9.17) is 12.2 Å². The van der Waals surface area contributed by atoms with Gasteiger partial charge in [0.05, 0.1) is 6.67 Å². The molecule has 1 aromatic carbocycles. The summed E-state index contributed by atoms with van der Waals surface area (Å²) in [6.07, 6.45) is 1.81. The molecule has 0 bridgehead atoms. The predicted octanol–water partition coefficient (Wildman–Crippen LogP) is 3.85. The molecule has 2 rings (SSSR count). The summed E-state index contributed by atoms with van der Waals surface area (Å²) in [5.74, 6) is 0. The zero-order chi connectivity index (χ0) is 14.7. The molecule has 0 unspecified atom stereocenters. The van der Waals surface area contributed by atoms with Gasteiger partial charge in [-0.25, -0.2) is 4.68 Å². The van der Waals surface area contributed by atoms with Crippen LogP contribution in [0.3, 0.4) is 0 Å². The zero-order valence-corrected chi connectivity index (χ0v) is 14.4. The van der Waals surface area contributed by atoms with Crippen LogP contribution in [-0.4, -0.2) is 26.3 Å². The molecule has 0 fully saturated rings. The largest absolute Gasteiger partial charge is 0.304 e. The maximum atomic E-state index is 5.43. The van der Waals surface area contributed by atoms with E-state index in [9.17, 15) is 0 Å². The van der Waals surface area contributed by atoms with Gasteiger partial charge in [-0.3, -0.25) is 4.90 Å². The van der Waals surface area contributed by atoms with E-state index in [0.29, 0.717) is 12.7 Å². The number of halogens is 1. The monoisotopic (exact) mass is 354 g/mol. The minimum atomic E-state index is 0.341. The van der Waals surface area contributed by atoms with E-state index in [1.54, 1.807) is 6.33 Å². The standard InChI is InChI=1S/C14H19BrN4S/c1-11(2)18-9-16-19(14(18)20)10-17(3)8-12-4-6-13(15)7-5-12/h4-7,9,11H,8,10H2,1-3H3. The number of hydrogen-bond acceptors (Lipinski definition) is 3. The van der Waals surface area contributed by atoms with Crippen LogP contribution >= 0.6 is 28.1 Å². The van der Waals surface area contributed by atoms with Crippen molar-refractivity contribution in [2.75, 3.05) is 7.05 Å². The number of nitrogens with zero attached hydrogens (tertiary/aromatic N) is 4. The second kappa shape index (κ2) is 6.65. The molecule has 0 radical (unpaired) electrons. The quantitative estimate of drug-likeness (QED) is 0.762. The van der Waals surface area contributed by atoms with Gasteiger partial charge in [0, 0.05) is 17.1 Å². The minimum Gasteiger partial charge on any atom is -0.304 e. The summed E-state index contributed by atoms with van der Waals surface area (Å²) in [6, 6.07) is 8.69. The number of hydrogen-bond donors (Lipinski definition) is 0. The van der Waals surface area contributed by atoms with Crippen LogP contribution in [-0.2, 0) is 13.2 Å². The number of benzene rings is 1. The van der Waals surface area contributed by atoms with Crippen molar-refractivity contribution < 1.29 is 0 Å². The van der Waals surface area contributed by atoms with E-state index in [-0.39, 0.29) is 0 Å². The Morgan fingerprint density at radius 1 is 1.30 bits per heavy atom. The third-order valence-electron chi connectivity index (χ3n) is 3.05. The summed E-state index contributed by atoms with van der Waals surface area (Å²) in [7, 11) is 2.07. The van der Waals surface area contributed by atoms with Crippen molar-refractivity contribution in [2.24, 2.45) is 0 Å². The molecule has 0 saturated carbocycles. The summed E-state index contributed by atoms with van der Waals surface area (Å²) in [5.41, 5.74) is 1.27. The fraction of sp³-hybridized carbons (Fsp3) is 0.429. The second-order valence-corrected chi connectivity index (χ2v) is 6.48. The molecule has 20 heavy (non-hydrogen) atoms. The molecule has 108 valence electrons. The second-order valence-electron chi connectivity index (χ2n) is 5.20. The van der Waals surface area contributed by atoms with E-state index in [1.165, 1.54) is 5.56 Å². The number of aromatic nitrogens is 3. The molecule has 6 heteroatoms. The Labute approximate surface area is 133 Å². The van der Waals surface area contributed by atoms with Gasteiger partial charge in [0.25, 0.3) is 0 Å². The van der Waals surface area contributed by atoms with Crippen LogP contribution in [0, 0.1) is 4.77 Å². The molecule has 0 spiro atoms. The Balaban J connectivity index is 2.03. The SMILES string of the molecule is CC(C)n1cnn(CN(C)Cc2ccc(Br)cc2)c1=S. The Bertz CT molecular complexity index is 615. The van der Waals surface area contributed by atoms with Crippen molar-refractivity contribution in [2.45, 2.75) is 33.1 Å². The summed E-state index contributed by atoms with van der Waals surface area (Å²) in [5, 5.41) is 4.36. The number of rotatable bonds is 5. The van der Waals surface area contributed by atoms with E-state index in [2.05, 4.69) is 71.1 Å². The van der Waals surface area contributed by atoms with Crippen molar-refractivity contribution in [3.05, 3.63) is 45.4 Å². The van der Waals surface area contributed by atoms with Crippen LogP contribution in [0.15, 0.2) is 35.1 Å². The minimum absolute atomic E-state index is 0.341. The van der Waals surface area contributed by atoms with Gasteiger partial charge in [0.2, 0.25) is 0 Å². The molecular weight excluding hydrogens is 336 g/mol. The molecule has 0 amide bonds. The molecule has 0 aliphatic heterocycles. The van der Waals surface area contributed by atoms with Gasteiger partial charge in [-0.1, -0.05) is 28.1 Å². The predicted molar refractivity (Wildman–Crippen MR) is 87.0 cm³/mol. The molecule has 0 N–H and O–H groups in total. The smallest absolute Gasteiger partial charge is 0.199 e. The van der Waals surface area contributed by atoms with Crippen molar-refractivity contribution in [1.82, 2.24) is 19.2 Å². The first-order valence-electron chi connectivity index (χ1n) is 6.54. The maximum Gasteiger partial charge on any atom is 0.199 e. The van der Waals surface area contributed by atoms with E-state index >= 15 is 0 Å². The van der Waals surface area contributed by atoms with Crippen LogP contribution in [0.1, 0.15) is 25.5 Å².